The van der Waals surface area contributed by atoms with Crippen LogP contribution in [0.1, 0.15) is 13.3 Å². The topological polar surface area (TPSA) is 38.2 Å². The SMILES string of the molecule is CCCN(CC(F)F)c1nccc(OC)n1. The first kappa shape index (κ1) is 12.6. The van der Waals surface area contributed by atoms with Gasteiger partial charge in [0.05, 0.1) is 13.7 Å². The van der Waals surface area contributed by atoms with E-state index in [2.05, 4.69) is 9.97 Å². The van der Waals surface area contributed by atoms with Crippen LogP contribution in [0.4, 0.5) is 14.7 Å². The van der Waals surface area contributed by atoms with Crippen molar-refractivity contribution >= 4 is 5.95 Å². The smallest absolute Gasteiger partial charge is 0.255 e. The number of methoxy groups -OCH3 is 1. The minimum atomic E-state index is -2.40. The van der Waals surface area contributed by atoms with E-state index in [4.69, 9.17) is 4.74 Å². The molecule has 0 fully saturated rings. The van der Waals surface area contributed by atoms with Crippen molar-refractivity contribution in [2.24, 2.45) is 0 Å². The highest BCUT2D eigenvalue weighted by molar-refractivity contribution is 5.31. The van der Waals surface area contributed by atoms with E-state index in [1.807, 2.05) is 6.92 Å². The number of hydrogen-bond donors (Lipinski definition) is 0. The van der Waals surface area contributed by atoms with Crippen molar-refractivity contribution in [1.29, 1.82) is 0 Å². The first-order chi connectivity index (χ1) is 7.67. The molecule has 0 bridgehead atoms. The average Bonchev–Trinajstić information content (AvgIpc) is 2.28. The van der Waals surface area contributed by atoms with Crippen molar-refractivity contribution in [3.8, 4) is 5.88 Å². The van der Waals surface area contributed by atoms with E-state index in [0.717, 1.165) is 6.42 Å². The molecule has 1 heterocycles. The third kappa shape index (κ3) is 3.60. The van der Waals surface area contributed by atoms with Gasteiger partial charge < -0.3 is 9.64 Å². The Morgan fingerprint density at radius 2 is 2.25 bits per heavy atom. The molecule has 1 aromatic heterocycles. The molecule has 0 N–H and O–H groups in total. The van der Waals surface area contributed by atoms with Crippen molar-refractivity contribution in [2.75, 3.05) is 25.1 Å². The van der Waals surface area contributed by atoms with Gasteiger partial charge in [0.1, 0.15) is 0 Å². The van der Waals surface area contributed by atoms with E-state index in [0.29, 0.717) is 12.4 Å². The Morgan fingerprint density at radius 1 is 1.50 bits per heavy atom. The molecule has 6 heteroatoms. The molecular weight excluding hydrogens is 216 g/mol. The van der Waals surface area contributed by atoms with E-state index >= 15 is 0 Å². The van der Waals surface area contributed by atoms with Gasteiger partial charge in [-0.3, -0.25) is 0 Å². The summed E-state index contributed by atoms with van der Waals surface area (Å²) in [5.41, 5.74) is 0. The van der Waals surface area contributed by atoms with Gasteiger partial charge >= 0.3 is 0 Å². The van der Waals surface area contributed by atoms with Crippen LogP contribution in [0.2, 0.25) is 0 Å². The summed E-state index contributed by atoms with van der Waals surface area (Å²) in [5.74, 6) is 0.655. The quantitative estimate of drug-likeness (QED) is 0.750. The standard InChI is InChI=1S/C10H15F2N3O/c1-3-6-15(7-8(11)12)10-13-5-4-9(14-10)16-2/h4-5,8H,3,6-7H2,1-2H3. The molecule has 0 aliphatic carbocycles. The Hall–Kier alpha value is -1.46. The normalized spacial score (nSPS) is 10.6. The maximum atomic E-state index is 12.3. The minimum Gasteiger partial charge on any atom is -0.481 e. The summed E-state index contributed by atoms with van der Waals surface area (Å²) in [4.78, 5) is 9.43. The minimum absolute atomic E-state index is 0.279. The Morgan fingerprint density at radius 3 is 2.81 bits per heavy atom. The second kappa shape index (κ2) is 6.19. The number of halogens is 2. The predicted octanol–water partition coefficient (Wildman–Crippen LogP) is 1.97. The van der Waals surface area contributed by atoms with Crippen molar-refractivity contribution in [2.45, 2.75) is 19.8 Å². The number of alkyl halides is 2. The molecule has 0 unspecified atom stereocenters. The van der Waals surface area contributed by atoms with Gasteiger partial charge in [0, 0.05) is 18.8 Å². The predicted molar refractivity (Wildman–Crippen MR) is 57.1 cm³/mol. The number of hydrogen-bond acceptors (Lipinski definition) is 4. The van der Waals surface area contributed by atoms with Gasteiger partial charge in [0.15, 0.2) is 0 Å². The number of ether oxygens (including phenoxy) is 1. The van der Waals surface area contributed by atoms with Crippen LogP contribution in [0.25, 0.3) is 0 Å². The summed E-state index contributed by atoms with van der Waals surface area (Å²) < 4.78 is 29.6. The molecule has 90 valence electrons. The lowest BCUT2D eigenvalue weighted by atomic mass is 10.4. The average molecular weight is 231 g/mol. The van der Waals surface area contributed by atoms with Crippen molar-refractivity contribution < 1.29 is 13.5 Å². The van der Waals surface area contributed by atoms with Gasteiger partial charge in [0.2, 0.25) is 11.8 Å². The molecule has 4 nitrogen and oxygen atoms in total. The van der Waals surface area contributed by atoms with Gasteiger partial charge in [0.25, 0.3) is 6.43 Å². The summed E-state index contributed by atoms with van der Waals surface area (Å²) in [7, 11) is 1.48. The van der Waals surface area contributed by atoms with Gasteiger partial charge in [-0.05, 0) is 6.42 Å². The summed E-state index contributed by atoms with van der Waals surface area (Å²) >= 11 is 0. The van der Waals surface area contributed by atoms with E-state index in [1.54, 1.807) is 6.07 Å². The highest BCUT2D eigenvalue weighted by Gasteiger charge is 2.14. The van der Waals surface area contributed by atoms with Gasteiger partial charge in [-0.2, -0.15) is 4.98 Å². The van der Waals surface area contributed by atoms with Crippen LogP contribution in [-0.2, 0) is 0 Å². The van der Waals surface area contributed by atoms with E-state index in [-0.39, 0.29) is 12.5 Å². The van der Waals surface area contributed by atoms with E-state index < -0.39 is 6.43 Å². The Balaban J connectivity index is 2.82. The Kier molecular flexibility index (Phi) is 4.88. The van der Waals surface area contributed by atoms with Crippen molar-refractivity contribution in [3.63, 3.8) is 0 Å². The van der Waals surface area contributed by atoms with Crippen LogP contribution < -0.4 is 9.64 Å². The highest BCUT2D eigenvalue weighted by atomic mass is 19.3. The lowest BCUT2D eigenvalue weighted by Crippen LogP contribution is -2.31. The molecule has 0 aliphatic heterocycles. The maximum Gasteiger partial charge on any atom is 0.255 e. The highest BCUT2D eigenvalue weighted by Crippen LogP contribution is 2.13. The fourth-order valence-electron chi connectivity index (χ4n) is 1.31. The lowest BCUT2D eigenvalue weighted by molar-refractivity contribution is 0.154. The number of nitrogens with zero attached hydrogens (tertiary/aromatic N) is 3. The van der Waals surface area contributed by atoms with Gasteiger partial charge in [-0.1, -0.05) is 6.92 Å². The number of aromatic nitrogens is 2. The molecule has 1 rings (SSSR count). The summed E-state index contributed by atoms with van der Waals surface area (Å²) in [6, 6.07) is 1.58. The number of anilines is 1. The molecule has 0 atom stereocenters. The van der Waals surface area contributed by atoms with Crippen LogP contribution in [0.5, 0.6) is 5.88 Å². The van der Waals surface area contributed by atoms with Gasteiger partial charge in [-0.15, -0.1) is 0 Å². The molecule has 0 aliphatic rings. The third-order valence-corrected chi connectivity index (χ3v) is 1.96. The van der Waals surface area contributed by atoms with Crippen LogP contribution in [-0.4, -0.2) is 36.6 Å². The van der Waals surface area contributed by atoms with Crippen LogP contribution >= 0.6 is 0 Å². The molecule has 0 saturated heterocycles. The molecule has 16 heavy (non-hydrogen) atoms. The Bertz CT molecular complexity index is 323. The first-order valence-corrected chi connectivity index (χ1v) is 5.07. The largest absolute Gasteiger partial charge is 0.481 e. The fourth-order valence-corrected chi connectivity index (χ4v) is 1.31. The monoisotopic (exact) mass is 231 g/mol. The van der Waals surface area contributed by atoms with E-state index in [1.165, 1.54) is 18.2 Å². The molecular formula is C10H15F2N3O. The van der Waals surface area contributed by atoms with Gasteiger partial charge in [-0.25, -0.2) is 13.8 Å². The summed E-state index contributed by atoms with van der Waals surface area (Å²) in [5, 5.41) is 0. The lowest BCUT2D eigenvalue weighted by Gasteiger charge is -2.21. The molecule has 0 saturated carbocycles. The second-order valence-electron chi connectivity index (χ2n) is 3.24. The van der Waals surface area contributed by atoms with E-state index in [9.17, 15) is 8.78 Å². The zero-order chi connectivity index (χ0) is 12.0. The second-order valence-corrected chi connectivity index (χ2v) is 3.24. The third-order valence-electron chi connectivity index (χ3n) is 1.96. The van der Waals surface area contributed by atoms with Crippen LogP contribution in [0.3, 0.4) is 0 Å². The van der Waals surface area contributed by atoms with Crippen LogP contribution in [0, 0.1) is 0 Å². The number of rotatable bonds is 6. The van der Waals surface area contributed by atoms with Crippen LogP contribution in [0.15, 0.2) is 12.3 Å². The molecule has 1 aromatic rings. The zero-order valence-electron chi connectivity index (χ0n) is 9.36. The summed E-state index contributed by atoms with van der Waals surface area (Å²) in [6.07, 6.45) is -0.149. The fraction of sp³-hybridized carbons (Fsp3) is 0.600. The molecule has 0 radical (unpaired) electrons. The molecule has 0 amide bonds. The zero-order valence-corrected chi connectivity index (χ0v) is 9.36. The first-order valence-electron chi connectivity index (χ1n) is 5.07. The summed E-state index contributed by atoms with van der Waals surface area (Å²) in [6.45, 7) is 2.05. The van der Waals surface area contributed by atoms with Crippen molar-refractivity contribution in [3.05, 3.63) is 12.3 Å². The molecule has 0 spiro atoms. The van der Waals surface area contributed by atoms with Crippen molar-refractivity contribution in [1.82, 2.24) is 9.97 Å². The molecule has 0 aromatic carbocycles. The maximum absolute atomic E-state index is 12.3. The Labute approximate surface area is 93.3 Å².